The predicted molar refractivity (Wildman–Crippen MR) is 138 cm³/mol. The molecule has 0 radical (unpaired) electrons. The number of aliphatic imine (C=N–C) groups is 1. The maximum Gasteiger partial charge on any atom is 0.299 e. The number of nitrogens with zero attached hydrogens (tertiary/aromatic N) is 1. The second-order valence-corrected chi connectivity index (χ2v) is 11.1. The number of aliphatic hydroxyl groups is 1. The summed E-state index contributed by atoms with van der Waals surface area (Å²) in [6.07, 6.45) is 4.48. The van der Waals surface area contributed by atoms with E-state index in [-0.39, 0.29) is 31.0 Å². The molecule has 2 aromatic rings. The van der Waals surface area contributed by atoms with E-state index in [2.05, 4.69) is 29.6 Å². The maximum atomic E-state index is 14.3. The van der Waals surface area contributed by atoms with Crippen LogP contribution in [-0.4, -0.2) is 37.0 Å². The molecule has 190 valence electrons. The third-order valence-electron chi connectivity index (χ3n) is 6.26. The van der Waals surface area contributed by atoms with Crippen LogP contribution in [0.5, 0.6) is 0 Å². The molecule has 0 aliphatic carbocycles. The summed E-state index contributed by atoms with van der Waals surface area (Å²) in [5.41, 5.74) is 2.47. The normalized spacial score (nSPS) is 21.3. The molecule has 0 aromatic heterocycles. The van der Waals surface area contributed by atoms with Gasteiger partial charge in [0.1, 0.15) is 16.7 Å². The van der Waals surface area contributed by atoms with Gasteiger partial charge in [-0.1, -0.05) is 62.4 Å². The smallest absolute Gasteiger partial charge is 0.299 e. The molecular formula is C27H35FN2O4S. The Morgan fingerprint density at radius 3 is 2.46 bits per heavy atom. The summed E-state index contributed by atoms with van der Waals surface area (Å²) in [7, 11) is -3.84. The van der Waals surface area contributed by atoms with Crippen LogP contribution < -0.4 is 4.72 Å². The third kappa shape index (κ3) is 6.49. The third-order valence-corrected chi connectivity index (χ3v) is 8.20. The highest BCUT2D eigenvalue weighted by Crippen LogP contribution is 2.31. The number of aliphatic hydroxyl groups excluding tert-OH is 1. The summed E-state index contributed by atoms with van der Waals surface area (Å²) >= 11 is 0. The summed E-state index contributed by atoms with van der Waals surface area (Å²) in [6, 6.07) is 13.1. The standard InChI is InChI=1S/C27H35FN2O4S/c1-5-9-20(6-2)21-14-12-19(13-15-21)18-25-27(3,4)34-26(30-35(25,32)33)29-24(16-17-31)22-10-7-8-11-23(22)28/h7-15,24-25,31H,5-6,16-18H2,1-4H3,(H,29,30)/b20-9+/t24-,25?/m0/s1. The first kappa shape index (κ1) is 26.9. The van der Waals surface area contributed by atoms with Gasteiger partial charge in [-0.3, -0.25) is 0 Å². The van der Waals surface area contributed by atoms with E-state index in [0.717, 1.165) is 24.0 Å². The first-order valence-electron chi connectivity index (χ1n) is 12.0. The molecule has 1 aliphatic rings. The van der Waals surface area contributed by atoms with E-state index in [1.165, 1.54) is 11.6 Å². The summed E-state index contributed by atoms with van der Waals surface area (Å²) < 4.78 is 49.3. The molecule has 0 saturated carbocycles. The number of sulfonamides is 1. The van der Waals surface area contributed by atoms with E-state index in [0.29, 0.717) is 0 Å². The minimum Gasteiger partial charge on any atom is -0.457 e. The average molecular weight is 503 g/mol. The van der Waals surface area contributed by atoms with Crippen molar-refractivity contribution >= 4 is 21.6 Å². The van der Waals surface area contributed by atoms with Crippen molar-refractivity contribution in [2.24, 2.45) is 4.99 Å². The predicted octanol–water partition coefficient (Wildman–Crippen LogP) is 5.15. The molecule has 0 amide bonds. The molecule has 3 rings (SSSR count). The highest BCUT2D eigenvalue weighted by atomic mass is 32.2. The minimum atomic E-state index is -3.84. The monoisotopic (exact) mass is 502 g/mol. The van der Waals surface area contributed by atoms with Crippen molar-refractivity contribution in [3.05, 3.63) is 77.1 Å². The number of hydrogen-bond donors (Lipinski definition) is 2. The molecule has 1 fully saturated rings. The number of halogens is 1. The van der Waals surface area contributed by atoms with Crippen molar-refractivity contribution in [1.82, 2.24) is 4.72 Å². The summed E-state index contributed by atoms with van der Waals surface area (Å²) in [5, 5.41) is 8.59. The lowest BCUT2D eigenvalue weighted by Crippen LogP contribution is -2.59. The van der Waals surface area contributed by atoms with Gasteiger partial charge < -0.3 is 9.84 Å². The Labute approximate surface area is 208 Å². The molecule has 1 aliphatic heterocycles. The summed E-state index contributed by atoms with van der Waals surface area (Å²) in [4.78, 5) is 4.34. The number of rotatable bonds is 9. The molecule has 6 nitrogen and oxygen atoms in total. The van der Waals surface area contributed by atoms with E-state index in [9.17, 15) is 17.9 Å². The quantitative estimate of drug-likeness (QED) is 0.497. The fourth-order valence-corrected chi connectivity index (χ4v) is 6.08. The summed E-state index contributed by atoms with van der Waals surface area (Å²) in [5.74, 6) is -0.477. The van der Waals surface area contributed by atoms with Gasteiger partial charge in [-0.15, -0.1) is 0 Å². The molecule has 1 unspecified atom stereocenters. The Kier molecular flexibility index (Phi) is 8.72. The van der Waals surface area contributed by atoms with Gasteiger partial charge >= 0.3 is 0 Å². The SMILES string of the molecule is CC/C=C(\CC)c1ccc(CC2C(C)(C)OC(=N[C@@H](CCO)c3ccccc3F)NS2(=O)=O)cc1. The van der Waals surface area contributed by atoms with Crippen LogP contribution in [0.1, 0.15) is 69.7 Å². The van der Waals surface area contributed by atoms with E-state index in [1.807, 2.05) is 24.3 Å². The van der Waals surface area contributed by atoms with Crippen LogP contribution in [0.3, 0.4) is 0 Å². The van der Waals surface area contributed by atoms with E-state index < -0.39 is 32.7 Å². The second-order valence-electron chi connectivity index (χ2n) is 9.22. The van der Waals surface area contributed by atoms with Crippen molar-refractivity contribution in [2.45, 2.75) is 70.3 Å². The van der Waals surface area contributed by atoms with Crippen LogP contribution in [-0.2, 0) is 21.2 Å². The number of benzene rings is 2. The summed E-state index contributed by atoms with van der Waals surface area (Å²) in [6.45, 7) is 7.41. The first-order valence-corrected chi connectivity index (χ1v) is 13.6. The zero-order valence-electron chi connectivity index (χ0n) is 20.8. The van der Waals surface area contributed by atoms with Crippen molar-refractivity contribution < 1.29 is 22.7 Å². The number of hydrogen-bond acceptors (Lipinski definition) is 5. The molecule has 0 bridgehead atoms. The largest absolute Gasteiger partial charge is 0.457 e. The van der Waals surface area contributed by atoms with E-state index in [1.54, 1.807) is 32.0 Å². The average Bonchev–Trinajstić information content (AvgIpc) is 2.80. The zero-order chi connectivity index (χ0) is 25.6. The van der Waals surface area contributed by atoms with Crippen LogP contribution in [0.15, 0.2) is 59.6 Å². The van der Waals surface area contributed by atoms with Crippen molar-refractivity contribution in [3.8, 4) is 0 Å². The molecule has 2 aromatic carbocycles. The highest BCUT2D eigenvalue weighted by Gasteiger charge is 2.47. The van der Waals surface area contributed by atoms with Gasteiger partial charge in [0, 0.05) is 12.2 Å². The van der Waals surface area contributed by atoms with Gasteiger partial charge in [-0.05, 0) is 62.3 Å². The number of nitrogens with one attached hydrogen (secondary N) is 1. The van der Waals surface area contributed by atoms with Crippen LogP contribution >= 0.6 is 0 Å². The van der Waals surface area contributed by atoms with E-state index in [4.69, 9.17) is 4.74 Å². The van der Waals surface area contributed by atoms with Crippen LogP contribution in [0.2, 0.25) is 0 Å². The fraction of sp³-hybridized carbons (Fsp3) is 0.444. The molecule has 35 heavy (non-hydrogen) atoms. The topological polar surface area (TPSA) is 88.0 Å². The molecule has 1 saturated heterocycles. The lowest BCUT2D eigenvalue weighted by atomic mass is 9.95. The molecular weight excluding hydrogens is 467 g/mol. The van der Waals surface area contributed by atoms with Crippen molar-refractivity contribution in [1.29, 1.82) is 0 Å². The van der Waals surface area contributed by atoms with Gasteiger partial charge in [0.05, 0.1) is 6.04 Å². The van der Waals surface area contributed by atoms with Crippen molar-refractivity contribution in [2.75, 3.05) is 6.61 Å². The Hall–Kier alpha value is -2.71. The van der Waals surface area contributed by atoms with Gasteiger partial charge in [-0.25, -0.2) is 22.5 Å². The second kappa shape index (κ2) is 11.4. The molecule has 1 heterocycles. The fourth-order valence-electron chi connectivity index (χ4n) is 4.39. The maximum absolute atomic E-state index is 14.3. The lowest BCUT2D eigenvalue weighted by molar-refractivity contribution is 0.0759. The minimum absolute atomic E-state index is 0.123. The number of amidine groups is 1. The van der Waals surface area contributed by atoms with Crippen LogP contribution in [0.4, 0.5) is 4.39 Å². The molecule has 2 atom stereocenters. The molecule has 8 heteroatoms. The van der Waals surface area contributed by atoms with Gasteiger partial charge in [0.25, 0.3) is 6.02 Å². The Morgan fingerprint density at radius 1 is 1.20 bits per heavy atom. The first-order chi connectivity index (χ1) is 16.6. The van der Waals surface area contributed by atoms with Gasteiger partial charge in [-0.2, -0.15) is 0 Å². The number of ether oxygens (including phenoxy) is 1. The Bertz CT molecular complexity index is 1170. The Morgan fingerprint density at radius 2 is 1.89 bits per heavy atom. The molecule has 0 spiro atoms. The van der Waals surface area contributed by atoms with Crippen LogP contribution in [0, 0.1) is 5.82 Å². The van der Waals surface area contributed by atoms with Gasteiger partial charge in [0.2, 0.25) is 10.0 Å². The number of allylic oxidation sites excluding steroid dienone is 2. The Balaban J connectivity index is 1.84. The highest BCUT2D eigenvalue weighted by molar-refractivity contribution is 7.90. The van der Waals surface area contributed by atoms with Crippen LogP contribution in [0.25, 0.3) is 5.57 Å². The van der Waals surface area contributed by atoms with E-state index >= 15 is 0 Å². The van der Waals surface area contributed by atoms with Gasteiger partial charge in [0.15, 0.2) is 0 Å². The van der Waals surface area contributed by atoms with Crippen molar-refractivity contribution in [3.63, 3.8) is 0 Å². The lowest BCUT2D eigenvalue weighted by Gasteiger charge is -2.39. The zero-order valence-corrected chi connectivity index (χ0v) is 21.6. The molecule has 2 N–H and O–H groups in total.